The minimum Gasteiger partial charge on any atom is -0.488 e. The van der Waals surface area contributed by atoms with E-state index in [9.17, 15) is 9.90 Å². The number of hydrogen-bond acceptors (Lipinski definition) is 7. The summed E-state index contributed by atoms with van der Waals surface area (Å²) in [5.41, 5.74) is 3.68. The number of ether oxygens (including phenoxy) is 1. The van der Waals surface area contributed by atoms with Gasteiger partial charge in [0.15, 0.2) is 0 Å². The van der Waals surface area contributed by atoms with E-state index >= 15 is 0 Å². The molecule has 35 heavy (non-hydrogen) atoms. The number of carboxylic acids is 1. The van der Waals surface area contributed by atoms with Crippen LogP contribution in [0, 0.1) is 12.3 Å². The molecule has 2 aliphatic carbocycles. The van der Waals surface area contributed by atoms with Crippen LogP contribution in [-0.2, 0) is 18.4 Å². The highest BCUT2D eigenvalue weighted by Gasteiger charge is 2.39. The van der Waals surface area contributed by atoms with Gasteiger partial charge in [-0.1, -0.05) is 5.21 Å². The Balaban J connectivity index is 1.30. The summed E-state index contributed by atoms with van der Waals surface area (Å²) < 4.78 is 7.96. The second-order valence-electron chi connectivity index (χ2n) is 10.1. The van der Waals surface area contributed by atoms with Crippen molar-refractivity contribution in [1.82, 2.24) is 25.0 Å². The van der Waals surface area contributed by atoms with Crippen molar-refractivity contribution in [2.24, 2.45) is 12.5 Å². The zero-order valence-electron chi connectivity index (χ0n) is 20.5. The lowest BCUT2D eigenvalue weighted by Crippen LogP contribution is -2.38. The molecule has 9 heteroatoms. The fourth-order valence-electron chi connectivity index (χ4n) is 4.87. The number of hydrogen-bond donors (Lipinski definition) is 2. The summed E-state index contributed by atoms with van der Waals surface area (Å²) in [5.74, 6) is 1.44. The maximum Gasteiger partial charge on any atom is 0.309 e. The van der Waals surface area contributed by atoms with Gasteiger partial charge in [-0.3, -0.25) is 4.79 Å². The molecule has 5 rings (SSSR count). The molecule has 0 unspecified atom stereocenters. The van der Waals surface area contributed by atoms with E-state index in [1.807, 2.05) is 32.3 Å². The predicted octanol–water partition coefficient (Wildman–Crippen LogP) is 4.48. The highest BCUT2D eigenvalue weighted by molar-refractivity contribution is 5.74. The molecule has 0 amide bonds. The Morgan fingerprint density at radius 2 is 2.11 bits per heavy atom. The second kappa shape index (κ2) is 9.28. The molecule has 3 aromatic rings. The summed E-state index contributed by atoms with van der Waals surface area (Å²) in [7, 11) is 1.87. The van der Waals surface area contributed by atoms with Crippen molar-refractivity contribution in [3.8, 4) is 17.1 Å². The molecule has 0 saturated heterocycles. The molecule has 2 N–H and O–H groups in total. The van der Waals surface area contributed by atoms with Crippen LogP contribution in [0.15, 0.2) is 30.5 Å². The number of aryl methyl sites for hydroxylation is 2. The summed E-state index contributed by atoms with van der Waals surface area (Å²) in [6.07, 6.45) is 7.10. The van der Waals surface area contributed by atoms with Crippen LogP contribution < -0.4 is 10.1 Å². The minimum atomic E-state index is -0.755. The Hall–Kier alpha value is -3.49. The van der Waals surface area contributed by atoms with Crippen LogP contribution in [0.1, 0.15) is 68.3 Å². The van der Waals surface area contributed by atoms with Crippen LogP contribution in [0.25, 0.3) is 11.4 Å². The molecule has 3 heterocycles. The first kappa shape index (κ1) is 23.3. The Kier molecular flexibility index (Phi) is 6.17. The molecule has 0 spiro atoms. The van der Waals surface area contributed by atoms with Gasteiger partial charge in [0, 0.05) is 19.7 Å². The van der Waals surface area contributed by atoms with E-state index in [-0.39, 0.29) is 6.10 Å². The summed E-state index contributed by atoms with van der Waals surface area (Å²) >= 11 is 0. The molecule has 0 bridgehead atoms. The van der Waals surface area contributed by atoms with Crippen LogP contribution >= 0.6 is 0 Å². The van der Waals surface area contributed by atoms with Crippen LogP contribution in [0.3, 0.4) is 0 Å². The molecule has 3 aromatic heterocycles. The fraction of sp³-hybridized carbons (Fsp3) is 0.500. The molecular weight excluding hydrogens is 444 g/mol. The van der Waals surface area contributed by atoms with Crippen LogP contribution in [0.4, 0.5) is 5.82 Å². The van der Waals surface area contributed by atoms with Gasteiger partial charge in [-0.25, -0.2) is 14.6 Å². The van der Waals surface area contributed by atoms with Gasteiger partial charge in [0.25, 0.3) is 0 Å². The van der Waals surface area contributed by atoms with E-state index in [2.05, 4.69) is 32.7 Å². The van der Waals surface area contributed by atoms with Gasteiger partial charge < -0.3 is 15.2 Å². The summed E-state index contributed by atoms with van der Waals surface area (Å²) in [6, 6.07) is 8.00. The average molecular weight is 477 g/mol. The van der Waals surface area contributed by atoms with E-state index in [0.29, 0.717) is 36.7 Å². The molecule has 0 aliphatic heterocycles. The van der Waals surface area contributed by atoms with Gasteiger partial charge in [0.05, 0.1) is 35.1 Å². The zero-order chi connectivity index (χ0) is 24.6. The van der Waals surface area contributed by atoms with Gasteiger partial charge in [-0.15, -0.1) is 5.10 Å². The number of rotatable bonds is 8. The maximum absolute atomic E-state index is 11.7. The van der Waals surface area contributed by atoms with E-state index in [1.54, 1.807) is 11.6 Å². The van der Waals surface area contributed by atoms with Crippen molar-refractivity contribution in [2.45, 2.75) is 70.9 Å². The number of pyridine rings is 2. The highest BCUT2D eigenvalue weighted by Crippen LogP contribution is 2.40. The van der Waals surface area contributed by atoms with Crippen molar-refractivity contribution in [1.29, 1.82) is 0 Å². The lowest BCUT2D eigenvalue weighted by atomic mass is 9.74. The molecule has 2 aliphatic rings. The quantitative estimate of drug-likeness (QED) is 0.489. The van der Waals surface area contributed by atoms with Crippen molar-refractivity contribution in [2.75, 3.05) is 5.32 Å². The van der Waals surface area contributed by atoms with E-state index in [1.165, 1.54) is 18.4 Å². The first-order valence-corrected chi connectivity index (χ1v) is 12.3. The third-order valence-corrected chi connectivity index (χ3v) is 7.24. The number of nitrogens with zero attached hydrogens (tertiary/aromatic N) is 5. The summed E-state index contributed by atoms with van der Waals surface area (Å²) in [6.45, 7) is 4.23. The topological polar surface area (TPSA) is 115 Å². The second-order valence-corrected chi connectivity index (χ2v) is 10.1. The smallest absolute Gasteiger partial charge is 0.309 e. The van der Waals surface area contributed by atoms with Crippen LogP contribution in [0.2, 0.25) is 0 Å². The Morgan fingerprint density at radius 1 is 1.29 bits per heavy atom. The normalized spacial score (nSPS) is 22.1. The number of aliphatic carboxylic acids is 1. The van der Waals surface area contributed by atoms with Crippen molar-refractivity contribution in [3.05, 3.63) is 47.4 Å². The minimum absolute atomic E-state index is 0.133. The number of carboxylic acid groups (broad SMARTS) is 1. The molecule has 2 saturated carbocycles. The van der Waals surface area contributed by atoms with E-state index in [4.69, 9.17) is 9.72 Å². The average Bonchev–Trinajstić information content (AvgIpc) is 3.62. The first-order valence-electron chi connectivity index (χ1n) is 12.3. The molecule has 0 radical (unpaired) electrons. The largest absolute Gasteiger partial charge is 0.488 e. The standard InChI is InChI=1S/C26H32N6O3/c1-16-22(35-19-5-4-11-26(2,14-19)25(33)34)9-8-20(29-16)24-21(32(3)31-30-24)15-28-23-13-18(10-12-27-23)17-6-7-17/h8-10,12-13,17,19H,4-7,11,14-15H2,1-3H3,(H,27,28)(H,33,34)/t19-,26-/m0/s1. The number of aromatic nitrogens is 5. The third kappa shape index (κ3) is 4.99. The summed E-state index contributed by atoms with van der Waals surface area (Å²) in [4.78, 5) is 20.9. The highest BCUT2D eigenvalue weighted by atomic mass is 16.5. The summed E-state index contributed by atoms with van der Waals surface area (Å²) in [5, 5.41) is 21.6. The fourth-order valence-corrected chi connectivity index (χ4v) is 4.87. The SMILES string of the molecule is Cc1nc(-c2nnn(C)c2CNc2cc(C3CC3)ccn2)ccc1O[C@H]1CCC[C@](C)(C(=O)O)C1. The number of anilines is 1. The Morgan fingerprint density at radius 3 is 2.86 bits per heavy atom. The van der Waals surface area contributed by atoms with Gasteiger partial charge in [0.1, 0.15) is 17.3 Å². The molecule has 0 aromatic carbocycles. The maximum atomic E-state index is 11.7. The molecule has 2 atom stereocenters. The predicted molar refractivity (Wildman–Crippen MR) is 131 cm³/mol. The Bertz CT molecular complexity index is 1240. The van der Waals surface area contributed by atoms with Gasteiger partial charge >= 0.3 is 5.97 Å². The number of carbonyl (C=O) groups is 1. The van der Waals surface area contributed by atoms with E-state index < -0.39 is 11.4 Å². The number of nitrogens with one attached hydrogen (secondary N) is 1. The van der Waals surface area contributed by atoms with Crippen molar-refractivity contribution in [3.63, 3.8) is 0 Å². The third-order valence-electron chi connectivity index (χ3n) is 7.24. The first-order chi connectivity index (χ1) is 16.8. The monoisotopic (exact) mass is 476 g/mol. The van der Waals surface area contributed by atoms with Gasteiger partial charge in [0.2, 0.25) is 0 Å². The van der Waals surface area contributed by atoms with Crippen LogP contribution in [0.5, 0.6) is 5.75 Å². The van der Waals surface area contributed by atoms with Crippen LogP contribution in [-0.4, -0.2) is 42.1 Å². The van der Waals surface area contributed by atoms with Gasteiger partial charge in [-0.2, -0.15) is 0 Å². The van der Waals surface area contributed by atoms with E-state index in [0.717, 1.165) is 35.7 Å². The van der Waals surface area contributed by atoms with Crippen molar-refractivity contribution >= 4 is 11.8 Å². The molecule has 184 valence electrons. The lowest BCUT2D eigenvalue weighted by molar-refractivity contribution is -0.151. The zero-order valence-corrected chi connectivity index (χ0v) is 20.5. The van der Waals surface area contributed by atoms with Gasteiger partial charge in [-0.05, 0) is 81.7 Å². The molecule has 9 nitrogen and oxygen atoms in total. The van der Waals surface area contributed by atoms with Crippen molar-refractivity contribution < 1.29 is 14.6 Å². The Labute approximate surface area is 204 Å². The molecular formula is C26H32N6O3. The molecule has 2 fully saturated rings. The lowest BCUT2D eigenvalue weighted by Gasteiger charge is -2.34.